The third kappa shape index (κ3) is 4.17. The van der Waals surface area contributed by atoms with Crippen molar-refractivity contribution in [2.24, 2.45) is 5.92 Å². The van der Waals surface area contributed by atoms with Gasteiger partial charge in [0, 0.05) is 19.0 Å². The van der Waals surface area contributed by atoms with E-state index in [1.807, 2.05) is 6.92 Å². The topological polar surface area (TPSA) is 92.5 Å². The van der Waals surface area contributed by atoms with Crippen LogP contribution in [0.2, 0.25) is 5.15 Å². The van der Waals surface area contributed by atoms with Crippen molar-refractivity contribution < 1.29 is 12.8 Å². The Kier molecular flexibility index (Phi) is 5.60. The third-order valence-electron chi connectivity index (χ3n) is 5.07. The molecule has 3 atom stereocenters. The van der Waals surface area contributed by atoms with Crippen LogP contribution in [0.25, 0.3) is 5.52 Å². The van der Waals surface area contributed by atoms with Crippen LogP contribution in [0.4, 0.5) is 10.3 Å². The van der Waals surface area contributed by atoms with E-state index in [0.29, 0.717) is 23.0 Å². The maximum Gasteiger partial charge on any atom is 0.241 e. The first kappa shape index (κ1) is 20.2. The Morgan fingerprint density at radius 2 is 2.07 bits per heavy atom. The molecule has 0 radical (unpaired) electrons. The molecule has 27 heavy (non-hydrogen) atoms. The molecule has 1 fully saturated rings. The number of hydrogen-bond acceptors (Lipinski definition) is 6. The Labute approximate surface area is 163 Å². The lowest BCUT2D eigenvalue weighted by atomic mass is 9.98. The highest BCUT2D eigenvalue weighted by Crippen LogP contribution is 2.27. The van der Waals surface area contributed by atoms with E-state index >= 15 is 0 Å². The average Bonchev–Trinajstić information content (AvgIpc) is 2.91. The molecule has 1 saturated heterocycles. The Morgan fingerprint density at radius 1 is 1.37 bits per heavy atom. The molecule has 0 spiro atoms. The molecule has 3 unspecified atom stereocenters. The zero-order chi connectivity index (χ0) is 19.9. The van der Waals surface area contributed by atoms with Gasteiger partial charge in [-0.15, -0.1) is 5.10 Å². The van der Waals surface area contributed by atoms with E-state index in [1.54, 1.807) is 10.7 Å². The van der Waals surface area contributed by atoms with Crippen molar-refractivity contribution >= 4 is 33.1 Å². The first-order chi connectivity index (χ1) is 12.6. The molecule has 0 saturated carbocycles. The number of imidazole rings is 1. The normalized spacial score (nSPS) is 23.1. The average molecular weight is 419 g/mol. The van der Waals surface area contributed by atoms with E-state index in [2.05, 4.69) is 34.2 Å². The summed E-state index contributed by atoms with van der Waals surface area (Å²) in [6, 6.07) is -0.564. The number of alkyl halides is 1. The first-order valence-electron chi connectivity index (χ1n) is 8.84. The fourth-order valence-electron chi connectivity index (χ4n) is 3.04. The van der Waals surface area contributed by atoms with Crippen molar-refractivity contribution in [2.75, 3.05) is 24.7 Å². The van der Waals surface area contributed by atoms with Crippen LogP contribution in [-0.4, -0.2) is 63.9 Å². The van der Waals surface area contributed by atoms with Crippen LogP contribution in [0.5, 0.6) is 0 Å². The SMILES string of the molecule is CC(C)C(C)c1nc(Cl)c2cnc(NC3CCN(S(C)(=O)=O)CC3F)nn12. The van der Waals surface area contributed by atoms with Gasteiger partial charge in [0.1, 0.15) is 17.5 Å². The van der Waals surface area contributed by atoms with Gasteiger partial charge in [0.15, 0.2) is 5.15 Å². The summed E-state index contributed by atoms with van der Waals surface area (Å²) in [5.41, 5.74) is 0.591. The molecule has 2 aromatic rings. The summed E-state index contributed by atoms with van der Waals surface area (Å²) in [6.45, 7) is 6.30. The summed E-state index contributed by atoms with van der Waals surface area (Å²) in [7, 11) is -3.40. The highest BCUT2D eigenvalue weighted by atomic mass is 35.5. The molecular weight excluding hydrogens is 395 g/mol. The Morgan fingerprint density at radius 3 is 2.67 bits per heavy atom. The molecule has 2 aromatic heterocycles. The highest BCUT2D eigenvalue weighted by molar-refractivity contribution is 7.88. The second kappa shape index (κ2) is 7.48. The highest BCUT2D eigenvalue weighted by Gasteiger charge is 2.33. The summed E-state index contributed by atoms with van der Waals surface area (Å²) in [5.74, 6) is 1.45. The molecule has 0 amide bonds. The number of rotatable bonds is 5. The van der Waals surface area contributed by atoms with E-state index in [0.717, 1.165) is 16.4 Å². The van der Waals surface area contributed by atoms with E-state index < -0.39 is 22.2 Å². The van der Waals surface area contributed by atoms with Crippen molar-refractivity contribution in [3.63, 3.8) is 0 Å². The van der Waals surface area contributed by atoms with Crippen LogP contribution in [0.1, 0.15) is 38.9 Å². The molecule has 1 aliphatic rings. The van der Waals surface area contributed by atoms with Crippen LogP contribution in [0, 0.1) is 5.92 Å². The van der Waals surface area contributed by atoms with E-state index in [1.165, 1.54) is 0 Å². The van der Waals surface area contributed by atoms with E-state index in [9.17, 15) is 12.8 Å². The number of nitrogens with one attached hydrogen (secondary N) is 1. The number of sulfonamides is 1. The van der Waals surface area contributed by atoms with Gasteiger partial charge in [-0.1, -0.05) is 32.4 Å². The van der Waals surface area contributed by atoms with Gasteiger partial charge in [-0.3, -0.25) is 0 Å². The second-order valence-electron chi connectivity index (χ2n) is 7.35. The van der Waals surface area contributed by atoms with Gasteiger partial charge in [-0.25, -0.2) is 27.3 Å². The van der Waals surface area contributed by atoms with Gasteiger partial charge >= 0.3 is 0 Å². The third-order valence-corrected chi connectivity index (χ3v) is 6.62. The summed E-state index contributed by atoms with van der Waals surface area (Å²) < 4.78 is 40.5. The molecular formula is C16H24ClFN6O2S. The fourth-order valence-corrected chi connectivity index (χ4v) is 4.10. The van der Waals surface area contributed by atoms with Crippen molar-refractivity contribution in [1.29, 1.82) is 0 Å². The number of fused-ring (bicyclic) bond motifs is 1. The number of nitrogens with zero attached hydrogens (tertiary/aromatic N) is 5. The minimum Gasteiger partial charge on any atom is -0.347 e. The lowest BCUT2D eigenvalue weighted by molar-refractivity contribution is 0.186. The molecule has 1 N–H and O–H groups in total. The monoisotopic (exact) mass is 418 g/mol. The molecule has 0 aromatic carbocycles. The van der Waals surface area contributed by atoms with Gasteiger partial charge in [0.2, 0.25) is 16.0 Å². The van der Waals surface area contributed by atoms with Gasteiger partial charge in [0.05, 0.1) is 18.5 Å². The molecule has 150 valence electrons. The Balaban J connectivity index is 1.83. The minimum atomic E-state index is -3.40. The number of piperidine rings is 1. The zero-order valence-electron chi connectivity index (χ0n) is 15.7. The van der Waals surface area contributed by atoms with Gasteiger partial charge in [0.25, 0.3) is 0 Å². The van der Waals surface area contributed by atoms with Crippen LogP contribution in [-0.2, 0) is 10.0 Å². The molecule has 11 heteroatoms. The van der Waals surface area contributed by atoms with Crippen LogP contribution in [0.15, 0.2) is 6.20 Å². The largest absolute Gasteiger partial charge is 0.347 e. The van der Waals surface area contributed by atoms with Gasteiger partial charge in [-0.2, -0.15) is 4.31 Å². The summed E-state index contributed by atoms with van der Waals surface area (Å²) in [4.78, 5) is 8.62. The number of anilines is 1. The van der Waals surface area contributed by atoms with Crippen molar-refractivity contribution in [3.05, 3.63) is 17.2 Å². The van der Waals surface area contributed by atoms with Crippen molar-refractivity contribution in [1.82, 2.24) is 23.9 Å². The maximum absolute atomic E-state index is 14.5. The smallest absolute Gasteiger partial charge is 0.241 e. The molecule has 0 aliphatic carbocycles. The number of halogens is 2. The first-order valence-corrected chi connectivity index (χ1v) is 11.1. The zero-order valence-corrected chi connectivity index (χ0v) is 17.3. The standard InChI is InChI=1S/C16H24ClFN6O2S/c1-9(2)10(3)15-21-14(17)13-7-19-16(22-24(13)15)20-12-5-6-23(8-11(12)18)27(4,25)26/h7,9-12H,5-6,8H2,1-4H3,(H,20,22). The molecule has 3 heterocycles. The maximum atomic E-state index is 14.5. The molecule has 3 rings (SSSR count). The fraction of sp³-hybridized carbons (Fsp3) is 0.688. The Hall–Kier alpha value is -1.52. The van der Waals surface area contributed by atoms with Crippen LogP contribution in [0.3, 0.4) is 0 Å². The van der Waals surface area contributed by atoms with Gasteiger partial charge < -0.3 is 5.32 Å². The predicted molar refractivity (Wildman–Crippen MR) is 102 cm³/mol. The van der Waals surface area contributed by atoms with Crippen molar-refractivity contribution in [3.8, 4) is 0 Å². The van der Waals surface area contributed by atoms with Gasteiger partial charge in [-0.05, 0) is 12.3 Å². The molecule has 8 nitrogen and oxygen atoms in total. The van der Waals surface area contributed by atoms with Crippen LogP contribution >= 0.6 is 11.6 Å². The van der Waals surface area contributed by atoms with E-state index in [-0.39, 0.29) is 25.0 Å². The lowest BCUT2D eigenvalue weighted by Crippen LogP contribution is -2.49. The minimum absolute atomic E-state index is 0.125. The predicted octanol–water partition coefficient (Wildman–Crippen LogP) is 2.32. The second-order valence-corrected chi connectivity index (χ2v) is 9.69. The molecule has 0 bridgehead atoms. The van der Waals surface area contributed by atoms with Crippen molar-refractivity contribution in [2.45, 2.75) is 45.3 Å². The van der Waals surface area contributed by atoms with E-state index in [4.69, 9.17) is 11.6 Å². The summed E-state index contributed by atoms with van der Waals surface area (Å²) >= 11 is 6.20. The summed E-state index contributed by atoms with van der Waals surface area (Å²) in [6.07, 6.45) is 1.62. The quantitative estimate of drug-likeness (QED) is 0.801. The Bertz CT molecular complexity index is 934. The lowest BCUT2D eigenvalue weighted by Gasteiger charge is -2.33. The van der Waals surface area contributed by atoms with Crippen LogP contribution < -0.4 is 5.32 Å². The number of aromatic nitrogens is 4. The summed E-state index contributed by atoms with van der Waals surface area (Å²) in [5, 5.41) is 7.76. The number of hydrogen-bond donors (Lipinski definition) is 1. The molecule has 1 aliphatic heterocycles.